The highest BCUT2D eigenvalue weighted by Gasteiger charge is 2.18. The summed E-state index contributed by atoms with van der Waals surface area (Å²) in [5.41, 5.74) is 2.82. The quantitative estimate of drug-likeness (QED) is 0.497. The molecule has 29 heavy (non-hydrogen) atoms. The first-order valence-electron chi connectivity index (χ1n) is 9.35. The summed E-state index contributed by atoms with van der Waals surface area (Å²) < 4.78 is 7.66. The molecular formula is C20H23BrN6O2. The molecule has 0 radical (unpaired) electrons. The van der Waals surface area contributed by atoms with Gasteiger partial charge in [-0.1, -0.05) is 29.3 Å². The summed E-state index contributed by atoms with van der Waals surface area (Å²) in [6.45, 7) is 5.78. The summed E-state index contributed by atoms with van der Waals surface area (Å²) in [6.07, 6.45) is 2.91. The molecule has 0 spiro atoms. The summed E-state index contributed by atoms with van der Waals surface area (Å²) >= 11 is 3.38. The zero-order valence-corrected chi connectivity index (χ0v) is 18.4. The molecule has 0 aliphatic carbocycles. The van der Waals surface area contributed by atoms with E-state index in [1.54, 1.807) is 26.2 Å². The van der Waals surface area contributed by atoms with Gasteiger partial charge < -0.3 is 4.74 Å². The third-order valence-electron chi connectivity index (χ3n) is 4.47. The Morgan fingerprint density at radius 2 is 1.90 bits per heavy atom. The lowest BCUT2D eigenvalue weighted by Gasteiger charge is -2.11. The smallest absolute Gasteiger partial charge is 0.301 e. The number of methoxy groups -OCH3 is 1. The second kappa shape index (κ2) is 9.13. The van der Waals surface area contributed by atoms with Gasteiger partial charge in [0.05, 0.1) is 18.5 Å². The van der Waals surface area contributed by atoms with Gasteiger partial charge in [-0.05, 0) is 51.0 Å². The Labute approximate surface area is 177 Å². The van der Waals surface area contributed by atoms with E-state index in [2.05, 4.69) is 48.1 Å². The molecule has 0 atom stereocenters. The van der Waals surface area contributed by atoms with Gasteiger partial charge in [0.15, 0.2) is 5.69 Å². The fourth-order valence-electron chi connectivity index (χ4n) is 2.88. The van der Waals surface area contributed by atoms with Crippen LogP contribution in [0.5, 0.6) is 5.88 Å². The number of azo groups is 1. The Morgan fingerprint density at radius 1 is 1.17 bits per heavy atom. The number of halogens is 1. The number of H-pyrrole nitrogens is 1. The maximum atomic E-state index is 12.9. The first-order valence-corrected chi connectivity index (χ1v) is 10.1. The zero-order chi connectivity index (χ0) is 21.0. The number of rotatable bonds is 7. The van der Waals surface area contributed by atoms with Crippen molar-refractivity contribution in [2.45, 2.75) is 40.0 Å². The average Bonchev–Trinajstić information content (AvgIpc) is 2.99. The van der Waals surface area contributed by atoms with Crippen LogP contribution in [0.4, 0.5) is 11.4 Å². The highest BCUT2D eigenvalue weighted by atomic mass is 79.9. The second-order valence-electron chi connectivity index (χ2n) is 6.60. The number of nitrogens with zero attached hydrogens (tertiary/aromatic N) is 5. The van der Waals surface area contributed by atoms with E-state index < -0.39 is 0 Å². The molecular weight excluding hydrogens is 436 g/mol. The van der Waals surface area contributed by atoms with Crippen molar-refractivity contribution < 1.29 is 4.74 Å². The Morgan fingerprint density at radius 3 is 2.55 bits per heavy atom. The summed E-state index contributed by atoms with van der Waals surface area (Å²) in [4.78, 5) is 21.8. The van der Waals surface area contributed by atoms with Crippen molar-refractivity contribution in [1.29, 1.82) is 0 Å². The van der Waals surface area contributed by atoms with Crippen LogP contribution in [0.15, 0.2) is 43.8 Å². The lowest BCUT2D eigenvalue weighted by atomic mass is 10.1. The van der Waals surface area contributed by atoms with Gasteiger partial charge in [-0.2, -0.15) is 14.8 Å². The van der Waals surface area contributed by atoms with Crippen LogP contribution in [0.25, 0.3) is 5.95 Å². The van der Waals surface area contributed by atoms with Crippen LogP contribution in [0.3, 0.4) is 0 Å². The van der Waals surface area contributed by atoms with Crippen molar-refractivity contribution in [3.63, 3.8) is 0 Å². The van der Waals surface area contributed by atoms with Crippen LogP contribution in [0.1, 0.15) is 36.7 Å². The molecule has 8 nitrogen and oxygen atoms in total. The highest BCUT2D eigenvalue weighted by Crippen LogP contribution is 2.23. The van der Waals surface area contributed by atoms with Crippen LogP contribution >= 0.6 is 15.9 Å². The Balaban J connectivity index is 1.98. The number of aryl methyl sites for hydroxylation is 2. The first kappa shape index (κ1) is 20.9. The summed E-state index contributed by atoms with van der Waals surface area (Å²) in [6, 6.07) is 7.33. The summed E-state index contributed by atoms with van der Waals surface area (Å²) in [5, 5.41) is 11.3. The van der Waals surface area contributed by atoms with Crippen LogP contribution in [0.2, 0.25) is 0 Å². The van der Waals surface area contributed by atoms with Gasteiger partial charge in [0.2, 0.25) is 5.88 Å². The van der Waals surface area contributed by atoms with Crippen molar-refractivity contribution in [3.05, 3.63) is 56.0 Å². The minimum absolute atomic E-state index is 0.211. The number of ether oxygens (including phenoxy) is 1. The van der Waals surface area contributed by atoms with E-state index in [9.17, 15) is 4.79 Å². The molecule has 9 heteroatoms. The van der Waals surface area contributed by atoms with Gasteiger partial charge in [-0.3, -0.25) is 9.89 Å². The minimum atomic E-state index is -0.369. The number of hydrogen-bond acceptors (Lipinski definition) is 6. The maximum Gasteiger partial charge on any atom is 0.301 e. The largest absolute Gasteiger partial charge is 0.481 e. The minimum Gasteiger partial charge on any atom is -0.481 e. The lowest BCUT2D eigenvalue weighted by Crippen LogP contribution is -2.18. The SMILES string of the molecule is CCCCc1c(C)nc(-n2[nH]c(C)c(N=Nc3ccc(Br)cc3)c2=O)nc1OC. The number of unbranched alkanes of at least 4 members (excludes halogenated alkanes) is 1. The van der Waals surface area contributed by atoms with Crippen LogP contribution in [0, 0.1) is 13.8 Å². The Bertz CT molecular complexity index is 1090. The predicted molar refractivity (Wildman–Crippen MR) is 115 cm³/mol. The number of benzene rings is 1. The molecule has 0 unspecified atom stereocenters. The van der Waals surface area contributed by atoms with Gasteiger partial charge in [0.1, 0.15) is 0 Å². The van der Waals surface area contributed by atoms with E-state index in [-0.39, 0.29) is 17.2 Å². The molecule has 0 amide bonds. The van der Waals surface area contributed by atoms with E-state index in [0.29, 0.717) is 17.3 Å². The third-order valence-corrected chi connectivity index (χ3v) is 5.00. The molecule has 152 valence electrons. The summed E-state index contributed by atoms with van der Waals surface area (Å²) in [7, 11) is 1.57. The molecule has 0 fully saturated rings. The Kier molecular flexibility index (Phi) is 6.58. The lowest BCUT2D eigenvalue weighted by molar-refractivity contribution is 0.388. The van der Waals surface area contributed by atoms with E-state index in [1.807, 2.05) is 19.1 Å². The van der Waals surface area contributed by atoms with Crippen LogP contribution in [-0.2, 0) is 6.42 Å². The number of aromatic amines is 1. The topological polar surface area (TPSA) is 97.5 Å². The highest BCUT2D eigenvalue weighted by molar-refractivity contribution is 9.10. The normalized spacial score (nSPS) is 11.3. The third kappa shape index (κ3) is 4.61. The number of hydrogen-bond donors (Lipinski definition) is 1. The molecule has 3 aromatic rings. The average molecular weight is 459 g/mol. The molecule has 0 aliphatic heterocycles. The Hall–Kier alpha value is -2.81. The predicted octanol–water partition coefficient (Wildman–Crippen LogP) is 5.10. The first-order chi connectivity index (χ1) is 13.9. The van der Waals surface area contributed by atoms with Crippen molar-refractivity contribution in [1.82, 2.24) is 19.7 Å². The monoisotopic (exact) mass is 458 g/mol. The standard InChI is InChI=1S/C20H23BrN6O2/c1-5-6-7-16-12(2)22-20(23-18(16)29-4)27-19(28)17(13(3)26-27)25-24-15-10-8-14(21)9-11-15/h8-11,26H,5-7H2,1-4H3. The molecule has 1 aromatic carbocycles. The maximum absolute atomic E-state index is 12.9. The molecule has 2 aromatic heterocycles. The number of nitrogens with one attached hydrogen (secondary N) is 1. The summed E-state index contributed by atoms with van der Waals surface area (Å²) in [5.74, 6) is 0.705. The number of aromatic nitrogens is 4. The zero-order valence-electron chi connectivity index (χ0n) is 16.9. The van der Waals surface area contributed by atoms with Crippen molar-refractivity contribution in [2.24, 2.45) is 10.2 Å². The molecule has 2 heterocycles. The van der Waals surface area contributed by atoms with E-state index in [1.165, 1.54) is 4.68 Å². The molecule has 1 N–H and O–H groups in total. The fraction of sp³-hybridized carbons (Fsp3) is 0.350. The van der Waals surface area contributed by atoms with Crippen LogP contribution in [-0.4, -0.2) is 26.9 Å². The molecule has 0 aliphatic rings. The fourth-order valence-corrected chi connectivity index (χ4v) is 3.14. The van der Waals surface area contributed by atoms with Crippen LogP contribution < -0.4 is 10.3 Å². The van der Waals surface area contributed by atoms with Gasteiger partial charge in [-0.25, -0.2) is 4.98 Å². The van der Waals surface area contributed by atoms with E-state index in [0.717, 1.165) is 35.0 Å². The molecule has 0 bridgehead atoms. The van der Waals surface area contributed by atoms with E-state index >= 15 is 0 Å². The van der Waals surface area contributed by atoms with Gasteiger partial charge in [0.25, 0.3) is 5.95 Å². The van der Waals surface area contributed by atoms with Gasteiger partial charge >= 0.3 is 5.56 Å². The molecule has 0 saturated carbocycles. The van der Waals surface area contributed by atoms with Crippen molar-refractivity contribution >= 4 is 27.3 Å². The van der Waals surface area contributed by atoms with E-state index in [4.69, 9.17) is 4.74 Å². The molecule has 3 rings (SSSR count). The molecule has 0 saturated heterocycles. The van der Waals surface area contributed by atoms with Gasteiger partial charge in [0, 0.05) is 15.7 Å². The van der Waals surface area contributed by atoms with Crippen molar-refractivity contribution in [2.75, 3.05) is 7.11 Å². The second-order valence-corrected chi connectivity index (χ2v) is 7.52. The van der Waals surface area contributed by atoms with Crippen molar-refractivity contribution in [3.8, 4) is 11.8 Å². The van der Waals surface area contributed by atoms with Gasteiger partial charge in [-0.15, -0.1) is 5.11 Å².